The summed E-state index contributed by atoms with van der Waals surface area (Å²) in [6.07, 6.45) is 19.9. The second-order valence-electron chi connectivity index (χ2n) is 9.47. The van der Waals surface area contributed by atoms with Crippen LogP contribution < -0.4 is 9.47 Å². The predicted octanol–water partition coefficient (Wildman–Crippen LogP) is 8.30. The highest BCUT2D eigenvalue weighted by molar-refractivity contribution is 6.10. The SMILES string of the molecule is CCCCCCCCCCCC.COc1cc(/C=C/C(=O)CC(=O)/C=C/c2ccc(O)c(OC)c2)ccc1O. The minimum Gasteiger partial charge on any atom is -0.504 e. The molecule has 6 nitrogen and oxygen atoms in total. The quantitative estimate of drug-likeness (QED) is 0.120. The van der Waals surface area contributed by atoms with Crippen LogP contribution in [0.1, 0.15) is 95.6 Å². The van der Waals surface area contributed by atoms with Crippen molar-refractivity contribution in [1.29, 1.82) is 0 Å². The number of hydrogen-bond acceptors (Lipinski definition) is 6. The number of carbonyl (C=O) groups excluding carboxylic acids is 2. The zero-order chi connectivity index (χ0) is 28.9. The van der Waals surface area contributed by atoms with Crippen molar-refractivity contribution in [3.05, 3.63) is 59.7 Å². The Morgan fingerprint density at radius 1 is 0.641 bits per heavy atom. The highest BCUT2D eigenvalue weighted by atomic mass is 16.5. The van der Waals surface area contributed by atoms with E-state index in [1.54, 1.807) is 36.4 Å². The van der Waals surface area contributed by atoms with E-state index in [0.29, 0.717) is 22.6 Å². The van der Waals surface area contributed by atoms with Gasteiger partial charge in [-0.1, -0.05) is 102 Å². The number of carbonyl (C=O) groups is 2. The number of benzene rings is 2. The fourth-order valence-corrected chi connectivity index (χ4v) is 3.82. The summed E-state index contributed by atoms with van der Waals surface area (Å²) in [5.74, 6) is -0.0832. The minimum absolute atomic E-state index is 0.00662. The molecule has 2 aromatic rings. The van der Waals surface area contributed by atoms with Crippen molar-refractivity contribution >= 4 is 23.7 Å². The third kappa shape index (κ3) is 14.8. The van der Waals surface area contributed by atoms with Gasteiger partial charge in [0.05, 0.1) is 20.6 Å². The molecule has 0 atom stereocenters. The van der Waals surface area contributed by atoms with Crippen LogP contribution in [0.3, 0.4) is 0 Å². The van der Waals surface area contributed by atoms with Crippen LogP contribution in [0.2, 0.25) is 0 Å². The van der Waals surface area contributed by atoms with Gasteiger partial charge in [-0.25, -0.2) is 0 Å². The maximum atomic E-state index is 11.9. The number of hydrogen-bond donors (Lipinski definition) is 2. The number of ether oxygens (including phenoxy) is 2. The van der Waals surface area contributed by atoms with Gasteiger partial charge in [0, 0.05) is 0 Å². The van der Waals surface area contributed by atoms with Crippen LogP contribution in [0.5, 0.6) is 23.0 Å². The number of phenols is 2. The monoisotopic (exact) mass is 538 g/mol. The molecule has 0 saturated carbocycles. The lowest BCUT2D eigenvalue weighted by Crippen LogP contribution is -2.01. The van der Waals surface area contributed by atoms with E-state index in [1.807, 2.05) is 0 Å². The van der Waals surface area contributed by atoms with Crippen molar-refractivity contribution in [2.75, 3.05) is 14.2 Å². The van der Waals surface area contributed by atoms with Gasteiger partial charge in [-0.3, -0.25) is 9.59 Å². The molecule has 214 valence electrons. The van der Waals surface area contributed by atoms with Gasteiger partial charge in [0.25, 0.3) is 0 Å². The molecule has 6 heteroatoms. The van der Waals surface area contributed by atoms with Crippen LogP contribution in [-0.4, -0.2) is 36.0 Å². The maximum absolute atomic E-state index is 11.9. The summed E-state index contributed by atoms with van der Waals surface area (Å²) in [4.78, 5) is 23.9. The Hall–Kier alpha value is -3.54. The standard InChI is InChI=1S/C21H20O6.C12H26/c1-26-20-11-14(5-9-18(20)24)3-7-16(22)13-17(23)8-4-15-6-10-19(25)21(12-15)27-2;1-3-5-7-9-11-12-10-8-6-4-2/h3-12,24-25H,13H2,1-2H3;3-12H2,1-2H3/b7-3+,8-4+;. The molecule has 0 fully saturated rings. The molecule has 0 aromatic heterocycles. The summed E-state index contributed by atoms with van der Waals surface area (Å²) >= 11 is 0. The van der Waals surface area contributed by atoms with Gasteiger partial charge in [-0.15, -0.1) is 0 Å². The molecule has 0 radical (unpaired) electrons. The molecule has 39 heavy (non-hydrogen) atoms. The van der Waals surface area contributed by atoms with Crippen molar-refractivity contribution in [2.24, 2.45) is 0 Å². The van der Waals surface area contributed by atoms with E-state index in [0.717, 1.165) is 0 Å². The summed E-state index contributed by atoms with van der Waals surface area (Å²) in [7, 11) is 2.87. The molecule has 0 amide bonds. The largest absolute Gasteiger partial charge is 0.504 e. The molecule has 0 heterocycles. The molecular formula is C33H46O6. The highest BCUT2D eigenvalue weighted by Gasteiger charge is 2.06. The van der Waals surface area contributed by atoms with Crippen LogP contribution in [0.4, 0.5) is 0 Å². The van der Waals surface area contributed by atoms with Crippen molar-refractivity contribution in [1.82, 2.24) is 0 Å². The van der Waals surface area contributed by atoms with Crippen LogP contribution in [-0.2, 0) is 9.59 Å². The number of allylic oxidation sites excluding steroid dienone is 2. The Morgan fingerprint density at radius 3 is 1.33 bits per heavy atom. The zero-order valence-electron chi connectivity index (χ0n) is 24.1. The molecule has 0 aliphatic heterocycles. The number of aromatic hydroxyl groups is 2. The Labute approximate surface area is 234 Å². The number of unbranched alkanes of at least 4 members (excludes halogenated alkanes) is 9. The van der Waals surface area contributed by atoms with E-state index in [2.05, 4.69) is 13.8 Å². The van der Waals surface area contributed by atoms with E-state index < -0.39 is 0 Å². The van der Waals surface area contributed by atoms with Crippen molar-refractivity contribution in [2.45, 2.75) is 84.5 Å². The first-order chi connectivity index (χ1) is 18.8. The first-order valence-electron chi connectivity index (χ1n) is 14.0. The van der Waals surface area contributed by atoms with Crippen LogP contribution in [0, 0.1) is 0 Å². The molecule has 0 aliphatic carbocycles. The fraction of sp³-hybridized carbons (Fsp3) is 0.455. The second-order valence-corrected chi connectivity index (χ2v) is 9.47. The average molecular weight is 539 g/mol. The summed E-state index contributed by atoms with van der Waals surface area (Å²) in [5, 5.41) is 19.1. The minimum atomic E-state index is -0.347. The van der Waals surface area contributed by atoms with Crippen LogP contribution >= 0.6 is 0 Å². The lowest BCUT2D eigenvalue weighted by atomic mass is 10.1. The van der Waals surface area contributed by atoms with E-state index in [1.165, 1.54) is 103 Å². The Kier molecular flexibility index (Phi) is 17.5. The lowest BCUT2D eigenvalue weighted by Gasteiger charge is -2.03. The number of phenolic OH excluding ortho intramolecular Hbond substituents is 2. The first-order valence-corrected chi connectivity index (χ1v) is 14.0. The third-order valence-corrected chi connectivity index (χ3v) is 6.14. The normalized spacial score (nSPS) is 10.9. The average Bonchev–Trinajstić information content (AvgIpc) is 2.94. The maximum Gasteiger partial charge on any atom is 0.163 e. The molecular weight excluding hydrogens is 492 g/mol. The van der Waals surface area contributed by atoms with E-state index in [4.69, 9.17) is 9.47 Å². The van der Waals surface area contributed by atoms with Crippen LogP contribution in [0.15, 0.2) is 48.6 Å². The van der Waals surface area contributed by atoms with Gasteiger partial charge in [-0.2, -0.15) is 0 Å². The number of methoxy groups -OCH3 is 2. The predicted molar refractivity (Wildman–Crippen MR) is 160 cm³/mol. The summed E-state index contributed by atoms with van der Waals surface area (Å²) in [6.45, 7) is 4.56. The van der Waals surface area contributed by atoms with Gasteiger partial charge in [-0.05, 0) is 47.5 Å². The van der Waals surface area contributed by atoms with Gasteiger partial charge in [0.15, 0.2) is 34.6 Å². The molecule has 0 saturated heterocycles. The topological polar surface area (TPSA) is 93.1 Å². The molecule has 0 bridgehead atoms. The Bertz CT molecular complexity index is 971. The van der Waals surface area contributed by atoms with Crippen molar-refractivity contribution in [3.63, 3.8) is 0 Å². The smallest absolute Gasteiger partial charge is 0.163 e. The summed E-state index contributed by atoms with van der Waals surface area (Å²) in [6, 6.07) is 9.34. The molecule has 2 N–H and O–H groups in total. The van der Waals surface area contributed by atoms with Gasteiger partial charge >= 0.3 is 0 Å². The van der Waals surface area contributed by atoms with E-state index >= 15 is 0 Å². The summed E-state index contributed by atoms with van der Waals surface area (Å²) < 4.78 is 10.00. The third-order valence-electron chi connectivity index (χ3n) is 6.14. The fourth-order valence-electron chi connectivity index (χ4n) is 3.82. The van der Waals surface area contributed by atoms with Crippen molar-refractivity contribution < 1.29 is 29.3 Å². The zero-order valence-corrected chi connectivity index (χ0v) is 24.1. The second kappa shape index (κ2) is 20.4. The molecule has 2 rings (SSSR count). The van der Waals surface area contributed by atoms with Gasteiger partial charge in [0.2, 0.25) is 0 Å². The lowest BCUT2D eigenvalue weighted by molar-refractivity contribution is -0.121. The van der Waals surface area contributed by atoms with Crippen LogP contribution in [0.25, 0.3) is 12.2 Å². The Morgan fingerprint density at radius 2 is 1.00 bits per heavy atom. The van der Waals surface area contributed by atoms with Crippen molar-refractivity contribution in [3.8, 4) is 23.0 Å². The molecule has 0 aliphatic rings. The molecule has 0 unspecified atom stereocenters. The number of ketones is 2. The first kappa shape index (κ1) is 33.5. The molecule has 0 spiro atoms. The van der Waals surface area contributed by atoms with Gasteiger partial charge in [0.1, 0.15) is 0 Å². The van der Waals surface area contributed by atoms with Gasteiger partial charge < -0.3 is 19.7 Å². The molecule has 2 aromatic carbocycles. The number of rotatable bonds is 17. The Balaban J connectivity index is 0.000000534. The van der Waals surface area contributed by atoms with E-state index in [9.17, 15) is 19.8 Å². The van der Waals surface area contributed by atoms with E-state index in [-0.39, 0.29) is 29.5 Å². The summed E-state index contributed by atoms with van der Waals surface area (Å²) in [5.41, 5.74) is 1.33. The highest BCUT2D eigenvalue weighted by Crippen LogP contribution is 2.27.